The van der Waals surface area contributed by atoms with Crippen LogP contribution in [0.4, 0.5) is 5.95 Å². The number of hydrogen-bond acceptors (Lipinski definition) is 6. The molecule has 0 radical (unpaired) electrons. The van der Waals surface area contributed by atoms with E-state index in [0.717, 1.165) is 62.8 Å². The molecule has 0 spiro atoms. The number of nitrogens with zero attached hydrogens (tertiary/aromatic N) is 5. The van der Waals surface area contributed by atoms with Gasteiger partial charge in [-0.1, -0.05) is 0 Å². The van der Waals surface area contributed by atoms with Gasteiger partial charge in [-0.3, -0.25) is 0 Å². The molecule has 0 unspecified atom stereocenters. The van der Waals surface area contributed by atoms with Crippen molar-refractivity contribution in [3.63, 3.8) is 0 Å². The Morgan fingerprint density at radius 1 is 1.19 bits per heavy atom. The van der Waals surface area contributed by atoms with Crippen LogP contribution in [0.3, 0.4) is 0 Å². The molecule has 26 heavy (non-hydrogen) atoms. The van der Waals surface area contributed by atoms with Crippen LogP contribution in [-0.2, 0) is 0 Å². The minimum atomic E-state index is 0.388. The molecule has 1 saturated heterocycles. The van der Waals surface area contributed by atoms with Crippen LogP contribution in [0.15, 0.2) is 35.6 Å². The molecule has 140 valence electrons. The molecule has 0 amide bonds. The average molecular weight is 356 g/mol. The number of hydrogen-bond donors (Lipinski definition) is 1. The molecule has 1 aliphatic rings. The normalized spacial score (nSPS) is 16.4. The zero-order valence-electron chi connectivity index (χ0n) is 15.6. The summed E-state index contributed by atoms with van der Waals surface area (Å²) in [7, 11) is 2.18. The lowest BCUT2D eigenvalue weighted by Gasteiger charge is -2.32. The van der Waals surface area contributed by atoms with E-state index >= 15 is 0 Å². The van der Waals surface area contributed by atoms with Gasteiger partial charge in [0, 0.05) is 32.7 Å². The second-order valence-corrected chi connectivity index (χ2v) is 6.75. The standard InChI is InChI=1S/C19H28N6O/c1-16-15-25(19(20)22-16)21-14-17-4-6-18(7-5-17)26-13-3-8-24-11-9-23(2)10-12-24/h4-7,14-15H,3,8-13H2,1-2H3,(H2,20,22). The van der Waals surface area contributed by atoms with Gasteiger partial charge in [-0.15, -0.1) is 0 Å². The van der Waals surface area contributed by atoms with Gasteiger partial charge in [0.15, 0.2) is 0 Å². The van der Waals surface area contributed by atoms with Crippen molar-refractivity contribution in [2.24, 2.45) is 5.10 Å². The fraction of sp³-hybridized carbons (Fsp3) is 0.474. The number of likely N-dealkylation sites (N-methyl/N-ethyl adjacent to an activating group) is 1. The number of imidazole rings is 1. The van der Waals surface area contributed by atoms with Crippen molar-refractivity contribution in [2.75, 3.05) is 52.1 Å². The van der Waals surface area contributed by atoms with E-state index in [9.17, 15) is 0 Å². The van der Waals surface area contributed by atoms with Crippen molar-refractivity contribution in [3.8, 4) is 5.75 Å². The van der Waals surface area contributed by atoms with E-state index in [1.807, 2.05) is 31.2 Å². The van der Waals surface area contributed by atoms with Crippen LogP contribution in [0.1, 0.15) is 17.7 Å². The number of aromatic nitrogens is 2. The Morgan fingerprint density at radius 2 is 1.92 bits per heavy atom. The lowest BCUT2D eigenvalue weighted by atomic mass is 10.2. The molecule has 1 aliphatic heterocycles. The third-order valence-corrected chi connectivity index (χ3v) is 4.53. The molecule has 0 atom stereocenters. The van der Waals surface area contributed by atoms with Crippen molar-refractivity contribution in [1.29, 1.82) is 0 Å². The summed E-state index contributed by atoms with van der Waals surface area (Å²) in [6.45, 7) is 8.37. The van der Waals surface area contributed by atoms with Crippen LogP contribution in [0.2, 0.25) is 0 Å². The van der Waals surface area contributed by atoms with Gasteiger partial charge < -0.3 is 20.3 Å². The molecule has 0 aliphatic carbocycles. The maximum atomic E-state index is 5.84. The van der Waals surface area contributed by atoms with E-state index in [0.29, 0.717) is 5.95 Å². The molecule has 0 saturated carbocycles. The Bertz CT molecular complexity index is 716. The number of aryl methyl sites for hydroxylation is 1. The Morgan fingerprint density at radius 3 is 2.58 bits per heavy atom. The summed E-state index contributed by atoms with van der Waals surface area (Å²) in [6, 6.07) is 7.91. The fourth-order valence-electron chi connectivity index (χ4n) is 2.93. The molecule has 1 aromatic heterocycles. The van der Waals surface area contributed by atoms with Gasteiger partial charge in [-0.25, -0.2) is 9.66 Å². The highest BCUT2D eigenvalue weighted by Crippen LogP contribution is 2.12. The van der Waals surface area contributed by atoms with Crippen LogP contribution in [0, 0.1) is 6.92 Å². The van der Waals surface area contributed by atoms with Gasteiger partial charge in [-0.2, -0.15) is 5.10 Å². The topological polar surface area (TPSA) is 71.9 Å². The predicted molar refractivity (Wildman–Crippen MR) is 105 cm³/mol. The smallest absolute Gasteiger partial charge is 0.221 e. The second kappa shape index (κ2) is 8.82. The number of benzene rings is 1. The molecule has 3 rings (SSSR count). The second-order valence-electron chi connectivity index (χ2n) is 6.75. The Balaban J connectivity index is 1.41. The number of rotatable bonds is 7. The molecule has 7 heteroatoms. The molecule has 2 aromatic rings. The van der Waals surface area contributed by atoms with Crippen LogP contribution in [-0.4, -0.2) is 72.1 Å². The fourth-order valence-corrected chi connectivity index (χ4v) is 2.93. The number of nitrogens with two attached hydrogens (primary N) is 1. The number of anilines is 1. The highest BCUT2D eigenvalue weighted by molar-refractivity contribution is 5.79. The zero-order valence-corrected chi connectivity index (χ0v) is 15.6. The summed E-state index contributed by atoms with van der Waals surface area (Å²) >= 11 is 0. The summed E-state index contributed by atoms with van der Waals surface area (Å²) in [4.78, 5) is 9.00. The monoisotopic (exact) mass is 356 g/mol. The van der Waals surface area contributed by atoms with Crippen LogP contribution < -0.4 is 10.5 Å². The summed E-state index contributed by atoms with van der Waals surface area (Å²) in [5, 5.41) is 4.31. The Hall–Kier alpha value is -2.38. The molecular weight excluding hydrogens is 328 g/mol. The first-order valence-corrected chi connectivity index (χ1v) is 9.10. The van der Waals surface area contributed by atoms with Gasteiger partial charge in [0.25, 0.3) is 0 Å². The zero-order chi connectivity index (χ0) is 18.4. The third kappa shape index (κ3) is 5.31. The predicted octanol–water partition coefficient (Wildman–Crippen LogP) is 1.67. The minimum absolute atomic E-state index is 0.388. The van der Waals surface area contributed by atoms with Crippen LogP contribution in [0.25, 0.3) is 0 Å². The molecule has 0 bridgehead atoms. The molecular formula is C19H28N6O. The molecule has 2 N–H and O–H groups in total. The molecule has 1 fully saturated rings. The lowest BCUT2D eigenvalue weighted by molar-refractivity contribution is 0.145. The highest BCUT2D eigenvalue weighted by Gasteiger charge is 2.12. The van der Waals surface area contributed by atoms with Crippen LogP contribution in [0.5, 0.6) is 5.75 Å². The largest absolute Gasteiger partial charge is 0.494 e. The first kappa shape index (κ1) is 18.4. The van der Waals surface area contributed by atoms with Crippen molar-refractivity contribution in [1.82, 2.24) is 19.5 Å². The summed E-state index contributed by atoms with van der Waals surface area (Å²) in [5.41, 5.74) is 7.60. The quantitative estimate of drug-likeness (QED) is 0.604. The maximum absolute atomic E-state index is 5.84. The van der Waals surface area contributed by atoms with Crippen molar-refractivity contribution in [2.45, 2.75) is 13.3 Å². The minimum Gasteiger partial charge on any atom is -0.494 e. The van der Waals surface area contributed by atoms with E-state index in [1.165, 1.54) is 0 Å². The maximum Gasteiger partial charge on any atom is 0.221 e. The first-order chi connectivity index (χ1) is 12.6. The Labute approximate surface area is 155 Å². The summed E-state index contributed by atoms with van der Waals surface area (Å²) in [5.74, 6) is 1.28. The van der Waals surface area contributed by atoms with Gasteiger partial charge in [0.2, 0.25) is 5.95 Å². The molecule has 2 heterocycles. The average Bonchev–Trinajstić information content (AvgIpc) is 2.97. The third-order valence-electron chi connectivity index (χ3n) is 4.53. The summed E-state index contributed by atoms with van der Waals surface area (Å²) in [6.07, 6.45) is 4.60. The summed E-state index contributed by atoms with van der Waals surface area (Å²) < 4.78 is 7.41. The molecule has 7 nitrogen and oxygen atoms in total. The van der Waals surface area contributed by atoms with E-state index < -0.39 is 0 Å². The SMILES string of the molecule is Cc1cn(N=Cc2ccc(OCCCN3CCN(C)CC3)cc2)c(N)n1. The van der Waals surface area contributed by atoms with Crippen LogP contribution >= 0.6 is 0 Å². The van der Waals surface area contributed by atoms with E-state index in [4.69, 9.17) is 10.5 Å². The Kier molecular flexibility index (Phi) is 6.25. The van der Waals surface area contributed by atoms with Gasteiger partial charge in [0.05, 0.1) is 24.7 Å². The van der Waals surface area contributed by atoms with Gasteiger partial charge >= 0.3 is 0 Å². The lowest BCUT2D eigenvalue weighted by Crippen LogP contribution is -2.44. The number of nitrogen functional groups attached to an aromatic ring is 1. The van der Waals surface area contributed by atoms with Crippen molar-refractivity contribution < 1.29 is 4.74 Å². The molecule has 1 aromatic carbocycles. The highest BCUT2D eigenvalue weighted by atomic mass is 16.5. The van der Waals surface area contributed by atoms with E-state index in [-0.39, 0.29) is 0 Å². The number of piperazine rings is 1. The number of ether oxygens (including phenoxy) is 1. The van der Waals surface area contributed by atoms with Crippen molar-refractivity contribution >= 4 is 12.2 Å². The van der Waals surface area contributed by atoms with E-state index in [2.05, 4.69) is 26.9 Å². The van der Waals surface area contributed by atoms with Crippen molar-refractivity contribution in [3.05, 3.63) is 41.7 Å². The van der Waals surface area contributed by atoms with Gasteiger partial charge in [0.1, 0.15) is 5.75 Å². The first-order valence-electron chi connectivity index (χ1n) is 9.10. The van der Waals surface area contributed by atoms with E-state index in [1.54, 1.807) is 17.1 Å². The van der Waals surface area contributed by atoms with Gasteiger partial charge in [-0.05, 0) is 50.2 Å².